The SMILES string of the molecule is CCCOCCOCCOCCOCCOCCOCCC(=O)Oc1ccc2c(c1)[C@@]13CCCC[C@H]1[C@@H](C2)N(C)CC3. The number of nitrogens with zero attached hydrogens (tertiary/aromatic N) is 1. The van der Waals surface area contributed by atoms with Gasteiger partial charge < -0.3 is 38.1 Å². The molecule has 0 spiro atoms. The van der Waals surface area contributed by atoms with Gasteiger partial charge in [-0.15, -0.1) is 0 Å². The molecule has 0 radical (unpaired) electrons. The number of hydrogen-bond acceptors (Lipinski definition) is 9. The monoisotopic (exact) mass is 591 g/mol. The Kier molecular flexibility index (Phi) is 14.5. The molecule has 9 heteroatoms. The number of likely N-dealkylation sites (tertiary alicyclic amines) is 1. The van der Waals surface area contributed by atoms with E-state index in [1.54, 1.807) is 0 Å². The summed E-state index contributed by atoms with van der Waals surface area (Å²) < 4.78 is 38.6. The number of carbonyl (C=O) groups is 1. The molecule has 2 aliphatic carbocycles. The van der Waals surface area contributed by atoms with Gasteiger partial charge in [-0.2, -0.15) is 0 Å². The van der Waals surface area contributed by atoms with Crippen LogP contribution in [0.3, 0.4) is 0 Å². The molecule has 0 aromatic heterocycles. The number of esters is 1. The quantitative estimate of drug-likeness (QED) is 0.119. The first-order valence-corrected chi connectivity index (χ1v) is 16.1. The molecule has 1 aliphatic heterocycles. The van der Waals surface area contributed by atoms with Crippen LogP contribution >= 0.6 is 0 Å². The van der Waals surface area contributed by atoms with Crippen LogP contribution in [0.15, 0.2) is 18.2 Å². The molecule has 2 bridgehead atoms. The van der Waals surface area contributed by atoms with Crippen LogP contribution in [0.25, 0.3) is 0 Å². The van der Waals surface area contributed by atoms with Gasteiger partial charge in [0, 0.05) is 18.1 Å². The standard InChI is InChI=1S/C33H53NO8/c1-3-13-36-15-17-38-19-21-40-23-24-41-22-20-39-18-16-37-14-9-32(35)42-28-8-7-27-25-31-29-6-4-5-10-33(29,30(27)26-28)11-12-34(31)2/h7-8,26,29,31H,3-6,9-25H2,1-2H3/t29-,31+,33+/m0/s1. The number of ether oxygens (including phenoxy) is 7. The first-order chi connectivity index (χ1) is 20.6. The smallest absolute Gasteiger partial charge is 0.313 e. The van der Waals surface area contributed by atoms with Crippen molar-refractivity contribution in [1.29, 1.82) is 0 Å². The van der Waals surface area contributed by atoms with Crippen molar-refractivity contribution in [3.8, 4) is 5.75 Å². The van der Waals surface area contributed by atoms with Crippen molar-refractivity contribution >= 4 is 5.97 Å². The summed E-state index contributed by atoms with van der Waals surface area (Å²) >= 11 is 0. The molecule has 3 aliphatic rings. The Morgan fingerprint density at radius 1 is 0.810 bits per heavy atom. The molecule has 1 saturated carbocycles. The molecule has 42 heavy (non-hydrogen) atoms. The number of piperidine rings is 1. The van der Waals surface area contributed by atoms with Crippen molar-refractivity contribution in [1.82, 2.24) is 4.90 Å². The first-order valence-electron chi connectivity index (χ1n) is 16.1. The largest absolute Gasteiger partial charge is 0.426 e. The normalized spacial score (nSPS) is 23.4. The van der Waals surface area contributed by atoms with Crippen LogP contribution < -0.4 is 4.74 Å². The Morgan fingerprint density at radius 2 is 1.40 bits per heavy atom. The van der Waals surface area contributed by atoms with E-state index in [2.05, 4.69) is 31.0 Å². The van der Waals surface area contributed by atoms with Gasteiger partial charge in [0.2, 0.25) is 0 Å². The number of carbonyl (C=O) groups excluding carboxylic acids is 1. The van der Waals surface area contributed by atoms with Gasteiger partial charge in [0.25, 0.3) is 0 Å². The van der Waals surface area contributed by atoms with E-state index in [9.17, 15) is 4.79 Å². The maximum absolute atomic E-state index is 12.5. The lowest BCUT2D eigenvalue weighted by Gasteiger charge is -2.58. The summed E-state index contributed by atoms with van der Waals surface area (Å²) in [6.07, 6.45) is 8.76. The molecule has 4 rings (SSSR count). The highest BCUT2D eigenvalue weighted by Crippen LogP contribution is 2.55. The van der Waals surface area contributed by atoms with Gasteiger partial charge >= 0.3 is 5.97 Å². The van der Waals surface area contributed by atoms with Gasteiger partial charge in [0.05, 0.1) is 79.1 Å². The minimum absolute atomic E-state index is 0.221. The van der Waals surface area contributed by atoms with Crippen LogP contribution in [0.1, 0.15) is 63.0 Å². The maximum Gasteiger partial charge on any atom is 0.313 e. The highest BCUT2D eigenvalue weighted by Gasteiger charge is 2.53. The van der Waals surface area contributed by atoms with Crippen LogP contribution in [-0.4, -0.2) is 110 Å². The van der Waals surface area contributed by atoms with Crippen molar-refractivity contribution in [2.75, 3.05) is 92.9 Å². The molecule has 238 valence electrons. The van der Waals surface area contributed by atoms with E-state index in [0.29, 0.717) is 84.5 Å². The molecule has 1 heterocycles. The van der Waals surface area contributed by atoms with E-state index in [0.717, 1.165) is 31.9 Å². The fraction of sp³-hybridized carbons (Fsp3) is 0.788. The van der Waals surface area contributed by atoms with Gasteiger partial charge in [-0.05, 0) is 74.9 Å². The summed E-state index contributed by atoms with van der Waals surface area (Å²) in [6.45, 7) is 9.59. The van der Waals surface area contributed by atoms with Crippen LogP contribution in [0.5, 0.6) is 5.75 Å². The minimum Gasteiger partial charge on any atom is -0.426 e. The van der Waals surface area contributed by atoms with Crippen molar-refractivity contribution in [3.05, 3.63) is 29.3 Å². The number of rotatable bonds is 21. The summed E-state index contributed by atoms with van der Waals surface area (Å²) in [5.41, 5.74) is 3.14. The average molecular weight is 592 g/mol. The molecular weight excluding hydrogens is 538 g/mol. The predicted octanol–water partition coefficient (Wildman–Crippen LogP) is 4.18. The van der Waals surface area contributed by atoms with Crippen molar-refractivity contribution in [2.45, 2.75) is 69.7 Å². The number of fused-ring (bicyclic) bond motifs is 1. The summed E-state index contributed by atoms with van der Waals surface area (Å²) in [7, 11) is 2.29. The molecule has 0 unspecified atom stereocenters. The van der Waals surface area contributed by atoms with Crippen LogP contribution in [0.4, 0.5) is 0 Å². The van der Waals surface area contributed by atoms with E-state index in [1.165, 1.54) is 43.2 Å². The van der Waals surface area contributed by atoms with Crippen molar-refractivity contribution in [3.63, 3.8) is 0 Å². The fourth-order valence-corrected chi connectivity index (χ4v) is 6.92. The molecule has 1 saturated heterocycles. The van der Waals surface area contributed by atoms with E-state index in [4.69, 9.17) is 33.2 Å². The molecule has 1 aromatic rings. The predicted molar refractivity (Wildman–Crippen MR) is 160 cm³/mol. The van der Waals surface area contributed by atoms with Crippen LogP contribution in [0.2, 0.25) is 0 Å². The van der Waals surface area contributed by atoms with Gasteiger partial charge in [0.15, 0.2) is 0 Å². The molecule has 3 atom stereocenters. The molecular formula is C33H53NO8. The summed E-state index contributed by atoms with van der Waals surface area (Å²) in [5.74, 6) is 1.13. The molecule has 9 nitrogen and oxygen atoms in total. The lowest BCUT2D eigenvalue weighted by Crippen LogP contribution is -2.59. The zero-order valence-corrected chi connectivity index (χ0v) is 25.9. The summed E-state index contributed by atoms with van der Waals surface area (Å²) in [4.78, 5) is 15.1. The van der Waals surface area contributed by atoms with Gasteiger partial charge in [-0.1, -0.05) is 25.8 Å². The highest BCUT2D eigenvalue weighted by molar-refractivity contribution is 5.72. The van der Waals surface area contributed by atoms with Gasteiger partial charge in [-0.25, -0.2) is 0 Å². The third kappa shape index (κ3) is 9.71. The molecule has 2 fully saturated rings. The van der Waals surface area contributed by atoms with Gasteiger partial charge in [-0.3, -0.25) is 4.79 Å². The molecule has 0 N–H and O–H groups in total. The second-order valence-corrected chi connectivity index (χ2v) is 11.7. The summed E-state index contributed by atoms with van der Waals surface area (Å²) in [5, 5.41) is 0. The summed E-state index contributed by atoms with van der Waals surface area (Å²) in [6, 6.07) is 6.99. The Hall–Kier alpha value is -1.59. The number of benzene rings is 1. The van der Waals surface area contributed by atoms with Crippen molar-refractivity contribution < 1.29 is 38.0 Å². The lowest BCUT2D eigenvalue weighted by atomic mass is 9.52. The highest BCUT2D eigenvalue weighted by atomic mass is 16.6. The number of likely N-dealkylation sites (N-methyl/N-ethyl adjacent to an activating group) is 1. The zero-order chi connectivity index (χ0) is 29.5. The van der Waals surface area contributed by atoms with Crippen LogP contribution in [0, 0.1) is 5.92 Å². The number of hydrogen-bond donors (Lipinski definition) is 0. The molecule has 1 aromatic carbocycles. The first kappa shape index (κ1) is 33.3. The second kappa shape index (κ2) is 18.3. The Balaban J connectivity index is 1.00. The van der Waals surface area contributed by atoms with E-state index >= 15 is 0 Å². The van der Waals surface area contributed by atoms with Crippen LogP contribution in [-0.2, 0) is 45.1 Å². The fourth-order valence-electron chi connectivity index (χ4n) is 6.92. The second-order valence-electron chi connectivity index (χ2n) is 11.7. The van der Waals surface area contributed by atoms with E-state index in [1.807, 2.05) is 6.07 Å². The third-order valence-corrected chi connectivity index (χ3v) is 8.98. The maximum atomic E-state index is 12.5. The Bertz CT molecular complexity index is 929. The Morgan fingerprint density at radius 3 is 2.02 bits per heavy atom. The minimum atomic E-state index is -0.256. The lowest BCUT2D eigenvalue weighted by molar-refractivity contribution is -0.135. The van der Waals surface area contributed by atoms with E-state index in [-0.39, 0.29) is 17.8 Å². The topological polar surface area (TPSA) is 84.9 Å². The Labute approximate surface area is 252 Å². The van der Waals surface area contributed by atoms with Gasteiger partial charge in [0.1, 0.15) is 5.75 Å². The molecule has 0 amide bonds. The average Bonchev–Trinajstić information content (AvgIpc) is 3.00. The zero-order valence-electron chi connectivity index (χ0n) is 25.9. The van der Waals surface area contributed by atoms with Crippen molar-refractivity contribution in [2.24, 2.45) is 5.92 Å². The van der Waals surface area contributed by atoms with E-state index < -0.39 is 0 Å². The third-order valence-electron chi connectivity index (χ3n) is 8.98.